The number of methoxy groups -OCH3 is 1. The molecule has 2 saturated heterocycles. The Hall–Kier alpha value is -2.26. The highest BCUT2D eigenvalue weighted by molar-refractivity contribution is 5.89. The average molecular weight is 424 g/mol. The van der Waals surface area contributed by atoms with Gasteiger partial charge >= 0.3 is 6.03 Å². The Kier molecular flexibility index (Phi) is 7.25. The first-order chi connectivity index (χ1) is 14.3. The number of halogens is 2. The molecule has 1 unspecified atom stereocenters. The van der Waals surface area contributed by atoms with Crippen LogP contribution in [0.1, 0.15) is 32.1 Å². The van der Waals surface area contributed by atoms with E-state index in [4.69, 9.17) is 10.5 Å². The third-order valence-electron chi connectivity index (χ3n) is 6.35. The fraction of sp³-hybridized carbons (Fsp3) is 0.619. The molecular weight excluding hydrogens is 394 g/mol. The molecule has 0 saturated carbocycles. The number of urea groups is 1. The maximum Gasteiger partial charge on any atom is 0.321 e. The number of carbonyl (C=O) groups excluding carboxylic acids is 2. The predicted octanol–water partition coefficient (Wildman–Crippen LogP) is 2.57. The molecule has 2 aliphatic heterocycles. The maximum absolute atomic E-state index is 13.8. The first-order valence-corrected chi connectivity index (χ1v) is 10.4. The number of rotatable bonds is 6. The van der Waals surface area contributed by atoms with Crippen LogP contribution in [0, 0.1) is 17.0 Å². The molecule has 30 heavy (non-hydrogen) atoms. The van der Waals surface area contributed by atoms with Crippen LogP contribution in [0.2, 0.25) is 0 Å². The van der Waals surface area contributed by atoms with Gasteiger partial charge in [0, 0.05) is 45.5 Å². The van der Waals surface area contributed by atoms with Crippen molar-refractivity contribution in [2.24, 2.45) is 11.1 Å². The summed E-state index contributed by atoms with van der Waals surface area (Å²) < 4.78 is 32.3. The third-order valence-corrected chi connectivity index (χ3v) is 6.35. The lowest BCUT2D eigenvalue weighted by atomic mass is 9.76. The third kappa shape index (κ3) is 5.07. The van der Waals surface area contributed by atoms with Gasteiger partial charge in [-0.25, -0.2) is 13.6 Å². The van der Waals surface area contributed by atoms with Gasteiger partial charge in [0.25, 0.3) is 0 Å². The minimum absolute atomic E-state index is 0.164. The van der Waals surface area contributed by atoms with E-state index >= 15 is 0 Å². The zero-order chi connectivity index (χ0) is 21.7. The average Bonchev–Trinajstić information content (AvgIpc) is 2.75. The van der Waals surface area contributed by atoms with Crippen LogP contribution in [0.5, 0.6) is 0 Å². The first kappa shape index (κ1) is 22.4. The lowest BCUT2D eigenvalue weighted by Crippen LogP contribution is -2.56. The summed E-state index contributed by atoms with van der Waals surface area (Å²) in [6.07, 6.45) is 3.76. The van der Waals surface area contributed by atoms with Gasteiger partial charge in [-0.1, -0.05) is 0 Å². The van der Waals surface area contributed by atoms with Crippen LogP contribution in [0.4, 0.5) is 19.3 Å². The maximum atomic E-state index is 13.8. The monoisotopic (exact) mass is 424 g/mol. The van der Waals surface area contributed by atoms with Gasteiger partial charge in [0.2, 0.25) is 5.91 Å². The van der Waals surface area contributed by atoms with Crippen molar-refractivity contribution in [3.63, 3.8) is 0 Å². The number of primary amides is 1. The van der Waals surface area contributed by atoms with Crippen LogP contribution in [0.3, 0.4) is 0 Å². The number of hydrogen-bond acceptors (Lipinski definition) is 4. The quantitative estimate of drug-likeness (QED) is 0.735. The Morgan fingerprint density at radius 2 is 2.00 bits per heavy atom. The van der Waals surface area contributed by atoms with Gasteiger partial charge in [-0.15, -0.1) is 0 Å². The largest absolute Gasteiger partial charge is 0.385 e. The van der Waals surface area contributed by atoms with Crippen molar-refractivity contribution in [3.8, 4) is 0 Å². The second-order valence-electron chi connectivity index (χ2n) is 8.23. The van der Waals surface area contributed by atoms with Crippen LogP contribution in [0.15, 0.2) is 18.2 Å². The van der Waals surface area contributed by atoms with Gasteiger partial charge in [-0.05, 0) is 50.8 Å². The highest BCUT2D eigenvalue weighted by atomic mass is 19.1. The molecule has 1 aromatic rings. The van der Waals surface area contributed by atoms with Crippen molar-refractivity contribution in [3.05, 3.63) is 29.8 Å². The van der Waals surface area contributed by atoms with Gasteiger partial charge in [0.15, 0.2) is 0 Å². The number of nitrogens with one attached hydrogen (secondary N) is 1. The normalized spacial score (nSPS) is 23.4. The second-order valence-corrected chi connectivity index (χ2v) is 8.23. The molecule has 9 heteroatoms. The fourth-order valence-corrected chi connectivity index (χ4v) is 4.53. The van der Waals surface area contributed by atoms with E-state index in [0.717, 1.165) is 50.4 Å². The summed E-state index contributed by atoms with van der Waals surface area (Å²) in [5.74, 6) is -1.56. The Bertz CT molecular complexity index is 771. The van der Waals surface area contributed by atoms with E-state index in [1.807, 2.05) is 0 Å². The fourth-order valence-electron chi connectivity index (χ4n) is 4.53. The summed E-state index contributed by atoms with van der Waals surface area (Å²) >= 11 is 0. The Morgan fingerprint density at radius 1 is 1.27 bits per heavy atom. The number of nitrogens with zero attached hydrogens (tertiary/aromatic N) is 2. The molecule has 0 spiro atoms. The Balaban J connectivity index is 1.56. The summed E-state index contributed by atoms with van der Waals surface area (Å²) in [6, 6.07) is 2.78. The predicted molar refractivity (Wildman–Crippen MR) is 109 cm³/mol. The molecule has 166 valence electrons. The number of nitrogens with two attached hydrogens (primary N) is 1. The van der Waals surface area contributed by atoms with Crippen molar-refractivity contribution in [1.82, 2.24) is 9.80 Å². The zero-order valence-electron chi connectivity index (χ0n) is 17.3. The van der Waals surface area contributed by atoms with Crippen molar-refractivity contribution in [2.45, 2.75) is 38.1 Å². The molecule has 0 bridgehead atoms. The number of anilines is 1. The lowest BCUT2D eigenvalue weighted by molar-refractivity contribution is -0.133. The van der Waals surface area contributed by atoms with Crippen molar-refractivity contribution in [2.75, 3.05) is 45.2 Å². The van der Waals surface area contributed by atoms with Gasteiger partial charge < -0.3 is 20.7 Å². The first-order valence-electron chi connectivity index (χ1n) is 10.4. The molecule has 2 fully saturated rings. The summed E-state index contributed by atoms with van der Waals surface area (Å²) in [5, 5.41) is 2.45. The van der Waals surface area contributed by atoms with Gasteiger partial charge in [-0.2, -0.15) is 0 Å². The molecule has 0 aromatic heterocycles. The number of carbonyl (C=O) groups is 2. The summed E-state index contributed by atoms with van der Waals surface area (Å²) in [6.45, 7) is 3.01. The molecule has 2 aliphatic rings. The lowest BCUT2D eigenvalue weighted by Gasteiger charge is -2.46. The number of benzene rings is 1. The van der Waals surface area contributed by atoms with Crippen LogP contribution < -0.4 is 11.1 Å². The Morgan fingerprint density at radius 3 is 2.67 bits per heavy atom. The van der Waals surface area contributed by atoms with E-state index in [1.54, 1.807) is 12.0 Å². The van der Waals surface area contributed by atoms with Crippen LogP contribution in [-0.4, -0.2) is 67.7 Å². The molecular formula is C21H30F2N4O3. The van der Waals surface area contributed by atoms with E-state index in [2.05, 4.69) is 10.2 Å². The zero-order valence-corrected chi connectivity index (χ0v) is 17.3. The van der Waals surface area contributed by atoms with Crippen molar-refractivity contribution < 1.29 is 23.1 Å². The molecule has 3 N–H and O–H groups in total. The molecule has 0 radical (unpaired) electrons. The SMILES string of the molecule is COCCC1(C(N)=O)CCCN(C2CCN(C(=O)Nc3cc(F)ccc3F)CC2)C1. The molecule has 1 atom stereocenters. The van der Waals surface area contributed by atoms with Gasteiger partial charge in [0.05, 0.1) is 11.1 Å². The van der Waals surface area contributed by atoms with E-state index in [9.17, 15) is 18.4 Å². The number of likely N-dealkylation sites (tertiary alicyclic amines) is 2. The number of amides is 3. The molecule has 1 aromatic carbocycles. The molecule has 3 rings (SSSR count). The van der Waals surface area contributed by atoms with Crippen LogP contribution in [-0.2, 0) is 9.53 Å². The van der Waals surface area contributed by atoms with Gasteiger partial charge in [0.1, 0.15) is 11.6 Å². The minimum Gasteiger partial charge on any atom is -0.385 e. The van der Waals surface area contributed by atoms with Crippen LogP contribution >= 0.6 is 0 Å². The smallest absolute Gasteiger partial charge is 0.321 e. The summed E-state index contributed by atoms with van der Waals surface area (Å²) in [7, 11) is 1.62. The highest BCUT2D eigenvalue weighted by Crippen LogP contribution is 2.35. The number of piperidine rings is 2. The van der Waals surface area contributed by atoms with E-state index in [-0.39, 0.29) is 17.6 Å². The van der Waals surface area contributed by atoms with E-state index < -0.39 is 23.1 Å². The molecule has 7 nitrogen and oxygen atoms in total. The van der Waals surface area contributed by atoms with Gasteiger partial charge in [-0.3, -0.25) is 9.69 Å². The number of hydrogen-bond donors (Lipinski definition) is 2. The van der Waals surface area contributed by atoms with Crippen molar-refractivity contribution >= 4 is 17.6 Å². The highest BCUT2D eigenvalue weighted by Gasteiger charge is 2.42. The van der Waals surface area contributed by atoms with Crippen LogP contribution in [0.25, 0.3) is 0 Å². The standard InChI is InChI=1S/C21H30F2N4O3/c1-30-12-8-21(19(24)28)7-2-9-27(14-21)16-5-10-26(11-6-16)20(29)25-18-13-15(22)3-4-17(18)23/h3-4,13,16H,2,5-12,14H2,1H3,(H2,24,28)(H,25,29). The minimum atomic E-state index is -0.674. The van der Waals surface area contributed by atoms with E-state index in [0.29, 0.717) is 32.7 Å². The second kappa shape index (κ2) is 9.70. The Labute approximate surface area is 175 Å². The number of ether oxygens (including phenoxy) is 1. The molecule has 2 heterocycles. The molecule has 3 amide bonds. The summed E-state index contributed by atoms with van der Waals surface area (Å²) in [5.41, 5.74) is 5.02. The topological polar surface area (TPSA) is 87.9 Å². The van der Waals surface area contributed by atoms with Crippen molar-refractivity contribution in [1.29, 1.82) is 0 Å². The summed E-state index contributed by atoms with van der Waals surface area (Å²) in [4.78, 5) is 28.6. The van der Waals surface area contributed by atoms with E-state index in [1.165, 1.54) is 0 Å². The molecule has 0 aliphatic carbocycles.